The smallest absolute Gasteiger partial charge is 0.180 e. The number of rotatable bonds is 2. The Bertz CT molecular complexity index is 93.8. The van der Waals surface area contributed by atoms with Crippen LogP contribution in [-0.2, 0) is 9.47 Å². The molecule has 0 aromatic rings. The van der Waals surface area contributed by atoms with Gasteiger partial charge in [-0.2, -0.15) is 0 Å². The minimum atomic E-state index is -0.349. The summed E-state index contributed by atoms with van der Waals surface area (Å²) in [6.45, 7) is 4.56. The molecule has 1 aliphatic rings. The molecule has 10 heavy (non-hydrogen) atoms. The van der Waals surface area contributed by atoms with Gasteiger partial charge in [0.25, 0.3) is 0 Å². The predicted molar refractivity (Wildman–Crippen MR) is 38.9 cm³/mol. The van der Waals surface area contributed by atoms with Crippen molar-refractivity contribution >= 4 is 0 Å². The van der Waals surface area contributed by atoms with Crippen LogP contribution in [0, 0.1) is 0 Å². The molecule has 0 amide bonds. The molecular weight excluding hydrogens is 130 g/mol. The van der Waals surface area contributed by atoms with Crippen molar-refractivity contribution in [1.29, 1.82) is 0 Å². The summed E-state index contributed by atoms with van der Waals surface area (Å²) < 4.78 is 10.7. The first-order valence-corrected chi connectivity index (χ1v) is 3.73. The maximum absolute atomic E-state index is 5.48. The van der Waals surface area contributed by atoms with Crippen LogP contribution in [0.2, 0.25) is 0 Å². The van der Waals surface area contributed by atoms with E-state index in [9.17, 15) is 0 Å². The third-order valence-electron chi connectivity index (χ3n) is 1.95. The maximum Gasteiger partial charge on any atom is 0.180 e. The normalized spacial score (nSPS) is 34.2. The molecule has 1 unspecified atom stereocenters. The quantitative estimate of drug-likeness (QED) is 0.608. The molecule has 0 aromatic carbocycles. The molecule has 1 heterocycles. The van der Waals surface area contributed by atoms with Crippen molar-refractivity contribution in [2.45, 2.75) is 19.1 Å². The van der Waals surface area contributed by atoms with Gasteiger partial charge in [0.15, 0.2) is 5.79 Å². The van der Waals surface area contributed by atoms with Gasteiger partial charge in [0, 0.05) is 20.2 Å². The van der Waals surface area contributed by atoms with Crippen LogP contribution in [0.1, 0.15) is 13.3 Å². The second-order valence-electron chi connectivity index (χ2n) is 2.49. The molecular formula is C7H15NO2. The van der Waals surface area contributed by atoms with E-state index in [1.165, 1.54) is 0 Å². The highest BCUT2D eigenvalue weighted by molar-refractivity contribution is 4.74. The van der Waals surface area contributed by atoms with Crippen molar-refractivity contribution in [2.75, 3.05) is 26.8 Å². The van der Waals surface area contributed by atoms with E-state index in [4.69, 9.17) is 9.47 Å². The first-order chi connectivity index (χ1) is 4.83. The fourth-order valence-corrected chi connectivity index (χ4v) is 1.14. The Hall–Kier alpha value is -0.120. The second-order valence-corrected chi connectivity index (χ2v) is 2.49. The number of methoxy groups -OCH3 is 1. The number of hydrogen-bond donors (Lipinski definition) is 1. The first-order valence-electron chi connectivity index (χ1n) is 3.73. The van der Waals surface area contributed by atoms with E-state index < -0.39 is 0 Å². The summed E-state index contributed by atoms with van der Waals surface area (Å²) in [4.78, 5) is 0. The van der Waals surface area contributed by atoms with E-state index in [1.54, 1.807) is 7.11 Å². The van der Waals surface area contributed by atoms with Crippen LogP contribution in [0.15, 0.2) is 0 Å². The van der Waals surface area contributed by atoms with E-state index in [0.29, 0.717) is 0 Å². The van der Waals surface area contributed by atoms with E-state index in [1.807, 2.05) is 0 Å². The van der Waals surface area contributed by atoms with Crippen LogP contribution in [0.3, 0.4) is 0 Å². The zero-order valence-electron chi connectivity index (χ0n) is 6.64. The Kier molecular flexibility index (Phi) is 2.65. The third-order valence-corrected chi connectivity index (χ3v) is 1.95. The maximum atomic E-state index is 5.48. The van der Waals surface area contributed by atoms with Gasteiger partial charge in [0.1, 0.15) is 0 Å². The van der Waals surface area contributed by atoms with Gasteiger partial charge in [-0.3, -0.25) is 0 Å². The molecule has 0 saturated carbocycles. The molecule has 3 heteroatoms. The first kappa shape index (κ1) is 7.98. The average Bonchev–Trinajstić information content (AvgIpc) is 2.06. The highest BCUT2D eigenvalue weighted by atomic mass is 16.7. The fourth-order valence-electron chi connectivity index (χ4n) is 1.14. The van der Waals surface area contributed by atoms with Gasteiger partial charge in [-0.05, 0) is 6.42 Å². The van der Waals surface area contributed by atoms with Crippen LogP contribution in [0.5, 0.6) is 0 Å². The van der Waals surface area contributed by atoms with Gasteiger partial charge in [-0.25, -0.2) is 0 Å². The predicted octanol–water partition coefficient (Wildman–Crippen LogP) is 0.359. The molecule has 1 saturated heterocycles. The van der Waals surface area contributed by atoms with Crippen molar-refractivity contribution < 1.29 is 9.47 Å². The van der Waals surface area contributed by atoms with Crippen molar-refractivity contribution in [3.8, 4) is 0 Å². The molecule has 3 nitrogen and oxygen atoms in total. The minimum absolute atomic E-state index is 0.349. The molecule has 0 bridgehead atoms. The highest BCUT2D eigenvalue weighted by Crippen LogP contribution is 2.17. The lowest BCUT2D eigenvalue weighted by atomic mass is 10.2. The molecule has 0 spiro atoms. The van der Waals surface area contributed by atoms with Crippen LogP contribution in [0.4, 0.5) is 0 Å². The largest absolute Gasteiger partial charge is 0.352 e. The summed E-state index contributed by atoms with van der Waals surface area (Å²) in [7, 11) is 1.69. The van der Waals surface area contributed by atoms with Crippen LogP contribution >= 0.6 is 0 Å². The topological polar surface area (TPSA) is 30.5 Å². The summed E-state index contributed by atoms with van der Waals surface area (Å²) in [6.07, 6.45) is 0.899. The lowest BCUT2D eigenvalue weighted by Crippen LogP contribution is -2.50. The lowest BCUT2D eigenvalue weighted by Gasteiger charge is -2.35. The van der Waals surface area contributed by atoms with Crippen molar-refractivity contribution in [2.24, 2.45) is 0 Å². The van der Waals surface area contributed by atoms with Crippen LogP contribution < -0.4 is 5.32 Å². The number of hydrogen-bond acceptors (Lipinski definition) is 3. The average molecular weight is 145 g/mol. The number of nitrogens with one attached hydrogen (secondary N) is 1. The number of ether oxygens (including phenoxy) is 2. The monoisotopic (exact) mass is 145 g/mol. The summed E-state index contributed by atoms with van der Waals surface area (Å²) >= 11 is 0. The second kappa shape index (κ2) is 3.32. The molecule has 0 radical (unpaired) electrons. The van der Waals surface area contributed by atoms with Crippen molar-refractivity contribution in [3.63, 3.8) is 0 Å². The van der Waals surface area contributed by atoms with Crippen LogP contribution in [0.25, 0.3) is 0 Å². The van der Waals surface area contributed by atoms with Crippen LogP contribution in [-0.4, -0.2) is 32.6 Å². The van der Waals surface area contributed by atoms with E-state index in [-0.39, 0.29) is 5.79 Å². The van der Waals surface area contributed by atoms with E-state index >= 15 is 0 Å². The van der Waals surface area contributed by atoms with Crippen molar-refractivity contribution in [3.05, 3.63) is 0 Å². The standard InChI is InChI=1S/C7H15NO2/c1-3-7(9-2)6-8-4-5-10-7/h8H,3-6H2,1-2H3. The summed E-state index contributed by atoms with van der Waals surface area (Å²) in [5, 5.41) is 3.23. The number of morpholine rings is 1. The SMILES string of the molecule is CCC1(OC)CNCCO1. The Morgan fingerprint density at radius 2 is 2.50 bits per heavy atom. The zero-order valence-corrected chi connectivity index (χ0v) is 6.64. The molecule has 1 aliphatic heterocycles. The Labute approximate surface area is 61.7 Å². The molecule has 0 aromatic heterocycles. The van der Waals surface area contributed by atoms with E-state index in [2.05, 4.69) is 12.2 Å². The third kappa shape index (κ3) is 1.48. The summed E-state index contributed by atoms with van der Waals surface area (Å²) in [5.41, 5.74) is 0. The van der Waals surface area contributed by atoms with Gasteiger partial charge in [-0.1, -0.05) is 6.92 Å². The van der Waals surface area contributed by atoms with Gasteiger partial charge < -0.3 is 14.8 Å². The Balaban J connectivity index is 2.44. The molecule has 60 valence electrons. The molecule has 1 N–H and O–H groups in total. The van der Waals surface area contributed by atoms with E-state index in [0.717, 1.165) is 26.1 Å². The Morgan fingerprint density at radius 1 is 1.70 bits per heavy atom. The van der Waals surface area contributed by atoms with Gasteiger partial charge in [-0.15, -0.1) is 0 Å². The molecule has 1 atom stereocenters. The summed E-state index contributed by atoms with van der Waals surface area (Å²) in [6, 6.07) is 0. The summed E-state index contributed by atoms with van der Waals surface area (Å²) in [5.74, 6) is -0.349. The highest BCUT2D eigenvalue weighted by Gasteiger charge is 2.30. The molecule has 0 aliphatic carbocycles. The lowest BCUT2D eigenvalue weighted by molar-refractivity contribution is -0.233. The van der Waals surface area contributed by atoms with Gasteiger partial charge >= 0.3 is 0 Å². The van der Waals surface area contributed by atoms with Crippen molar-refractivity contribution in [1.82, 2.24) is 5.32 Å². The zero-order chi connectivity index (χ0) is 7.45. The minimum Gasteiger partial charge on any atom is -0.352 e. The fraction of sp³-hybridized carbons (Fsp3) is 1.00. The molecule has 1 fully saturated rings. The van der Waals surface area contributed by atoms with Gasteiger partial charge in [0.2, 0.25) is 0 Å². The Morgan fingerprint density at radius 3 is 2.80 bits per heavy atom. The molecule has 1 rings (SSSR count). The van der Waals surface area contributed by atoms with Gasteiger partial charge in [0.05, 0.1) is 6.61 Å².